The summed E-state index contributed by atoms with van der Waals surface area (Å²) in [5, 5.41) is 3.67. The van der Waals surface area contributed by atoms with Gasteiger partial charge in [-0.2, -0.15) is 0 Å². The van der Waals surface area contributed by atoms with Crippen molar-refractivity contribution in [3.05, 3.63) is 34.9 Å². The van der Waals surface area contributed by atoms with Crippen LogP contribution in [0.4, 0.5) is 0 Å². The normalized spacial score (nSPS) is 14.0. The maximum Gasteiger partial charge on any atom is 0.0292 e. The van der Waals surface area contributed by atoms with Gasteiger partial charge < -0.3 is 5.32 Å². The Hall–Kier alpha value is -0.820. The maximum absolute atomic E-state index is 3.67. The molecule has 1 aromatic rings. The van der Waals surface area contributed by atoms with Crippen molar-refractivity contribution < 1.29 is 0 Å². The third-order valence-corrected chi connectivity index (χ3v) is 4.46. The van der Waals surface area contributed by atoms with Crippen LogP contribution in [0.3, 0.4) is 0 Å². The molecule has 102 valence electrons. The summed E-state index contributed by atoms with van der Waals surface area (Å²) in [6.45, 7) is 16.9. The Morgan fingerprint density at radius 1 is 1.06 bits per heavy atom. The average molecular weight is 247 g/mol. The lowest BCUT2D eigenvalue weighted by atomic mass is 9.81. The molecule has 0 aliphatic carbocycles. The monoisotopic (exact) mass is 247 g/mol. The van der Waals surface area contributed by atoms with E-state index in [4.69, 9.17) is 0 Å². The lowest BCUT2D eigenvalue weighted by molar-refractivity contribution is 0.230. The molecule has 0 fully saturated rings. The Kier molecular flexibility index (Phi) is 4.98. The molecule has 1 nitrogen and oxygen atoms in total. The van der Waals surface area contributed by atoms with Crippen molar-refractivity contribution in [1.29, 1.82) is 0 Å². The Labute approximate surface area is 113 Å². The molecule has 1 atom stereocenters. The second-order valence-electron chi connectivity index (χ2n) is 6.59. The highest BCUT2D eigenvalue weighted by Crippen LogP contribution is 2.26. The molecule has 18 heavy (non-hydrogen) atoms. The molecule has 0 amide bonds. The van der Waals surface area contributed by atoms with E-state index >= 15 is 0 Å². The summed E-state index contributed by atoms with van der Waals surface area (Å²) in [6.07, 6.45) is 0. The smallest absolute Gasteiger partial charge is 0.0292 e. The minimum absolute atomic E-state index is 0.341. The summed E-state index contributed by atoms with van der Waals surface area (Å²) >= 11 is 0. The van der Waals surface area contributed by atoms with E-state index in [1.54, 1.807) is 0 Å². The molecular formula is C17H29N. The lowest BCUT2D eigenvalue weighted by Crippen LogP contribution is -2.34. The Morgan fingerprint density at radius 3 is 2.17 bits per heavy atom. The fourth-order valence-electron chi connectivity index (χ4n) is 1.77. The van der Waals surface area contributed by atoms with E-state index in [0.717, 1.165) is 6.54 Å². The van der Waals surface area contributed by atoms with Gasteiger partial charge in [0, 0.05) is 12.6 Å². The highest BCUT2D eigenvalue weighted by molar-refractivity contribution is 5.31. The molecule has 0 spiro atoms. The van der Waals surface area contributed by atoms with Crippen molar-refractivity contribution in [2.45, 2.75) is 54.5 Å². The quantitative estimate of drug-likeness (QED) is 0.799. The zero-order valence-electron chi connectivity index (χ0n) is 13.1. The van der Waals surface area contributed by atoms with Crippen LogP contribution in [0.15, 0.2) is 18.2 Å². The van der Waals surface area contributed by atoms with Crippen molar-refractivity contribution >= 4 is 0 Å². The van der Waals surface area contributed by atoms with E-state index in [2.05, 4.69) is 72.0 Å². The summed E-state index contributed by atoms with van der Waals surface area (Å²) in [4.78, 5) is 0. The van der Waals surface area contributed by atoms with E-state index in [1.807, 2.05) is 0 Å². The fraction of sp³-hybridized carbons (Fsp3) is 0.647. The Balaban J connectivity index is 2.66. The molecule has 1 aromatic carbocycles. The molecule has 0 radical (unpaired) electrons. The van der Waals surface area contributed by atoms with Crippen LogP contribution in [0.25, 0.3) is 0 Å². The van der Waals surface area contributed by atoms with Gasteiger partial charge in [0.25, 0.3) is 0 Å². The molecule has 0 aliphatic rings. The number of benzene rings is 1. The minimum atomic E-state index is 0.341. The predicted octanol–water partition coefficient (Wildman–Crippen LogP) is 4.64. The van der Waals surface area contributed by atoms with E-state index < -0.39 is 0 Å². The zero-order valence-corrected chi connectivity index (χ0v) is 13.1. The number of rotatable bonds is 5. The first-order valence-corrected chi connectivity index (χ1v) is 7.04. The van der Waals surface area contributed by atoms with Gasteiger partial charge in [-0.25, -0.2) is 0 Å². The Morgan fingerprint density at radius 2 is 1.67 bits per heavy atom. The lowest BCUT2D eigenvalue weighted by Gasteiger charge is -2.31. The second kappa shape index (κ2) is 5.88. The van der Waals surface area contributed by atoms with Crippen LogP contribution >= 0.6 is 0 Å². The van der Waals surface area contributed by atoms with Gasteiger partial charge in [0.1, 0.15) is 0 Å². The van der Waals surface area contributed by atoms with Gasteiger partial charge in [0.05, 0.1) is 0 Å². The standard InChI is InChI=1S/C17H29N/c1-12(2)17(6,7)11-18-15(5)16-9-8-13(3)14(4)10-16/h8-10,12,15,18H,11H2,1-7H3. The van der Waals surface area contributed by atoms with Crippen molar-refractivity contribution in [2.75, 3.05) is 6.54 Å². The SMILES string of the molecule is Cc1ccc(C(C)NCC(C)(C)C(C)C)cc1C. The van der Waals surface area contributed by atoms with Crippen LogP contribution in [-0.2, 0) is 0 Å². The summed E-state index contributed by atoms with van der Waals surface area (Å²) in [7, 11) is 0. The molecule has 0 aromatic heterocycles. The first-order valence-electron chi connectivity index (χ1n) is 7.04. The van der Waals surface area contributed by atoms with Gasteiger partial charge >= 0.3 is 0 Å². The van der Waals surface area contributed by atoms with Crippen LogP contribution in [0.5, 0.6) is 0 Å². The van der Waals surface area contributed by atoms with Crippen LogP contribution in [0, 0.1) is 25.2 Å². The highest BCUT2D eigenvalue weighted by Gasteiger charge is 2.22. The van der Waals surface area contributed by atoms with Crippen LogP contribution in [0.1, 0.15) is 57.4 Å². The fourth-order valence-corrected chi connectivity index (χ4v) is 1.77. The van der Waals surface area contributed by atoms with E-state index in [1.165, 1.54) is 16.7 Å². The van der Waals surface area contributed by atoms with Gasteiger partial charge in [-0.3, -0.25) is 0 Å². The second-order valence-corrected chi connectivity index (χ2v) is 6.59. The third-order valence-electron chi connectivity index (χ3n) is 4.46. The molecule has 1 rings (SSSR count). The zero-order chi connectivity index (χ0) is 13.9. The molecule has 1 N–H and O–H groups in total. The minimum Gasteiger partial charge on any atom is -0.310 e. The largest absolute Gasteiger partial charge is 0.310 e. The maximum atomic E-state index is 3.67. The average Bonchev–Trinajstić information content (AvgIpc) is 2.29. The summed E-state index contributed by atoms with van der Waals surface area (Å²) in [5.74, 6) is 0.692. The highest BCUT2D eigenvalue weighted by atomic mass is 14.9. The van der Waals surface area contributed by atoms with Gasteiger partial charge in [0.15, 0.2) is 0 Å². The van der Waals surface area contributed by atoms with E-state index in [9.17, 15) is 0 Å². The van der Waals surface area contributed by atoms with E-state index in [-0.39, 0.29) is 0 Å². The first kappa shape index (κ1) is 15.2. The third kappa shape index (κ3) is 3.84. The van der Waals surface area contributed by atoms with Gasteiger partial charge in [-0.05, 0) is 48.8 Å². The van der Waals surface area contributed by atoms with Crippen molar-refractivity contribution in [1.82, 2.24) is 5.32 Å². The van der Waals surface area contributed by atoms with Crippen LogP contribution < -0.4 is 5.32 Å². The summed E-state index contributed by atoms with van der Waals surface area (Å²) in [5.41, 5.74) is 4.48. The molecule has 0 bridgehead atoms. The summed E-state index contributed by atoms with van der Waals surface area (Å²) in [6, 6.07) is 7.18. The van der Waals surface area contributed by atoms with Crippen molar-refractivity contribution in [3.63, 3.8) is 0 Å². The van der Waals surface area contributed by atoms with Crippen LogP contribution in [0.2, 0.25) is 0 Å². The van der Waals surface area contributed by atoms with Gasteiger partial charge in [-0.1, -0.05) is 45.9 Å². The molecule has 0 heterocycles. The van der Waals surface area contributed by atoms with E-state index in [0.29, 0.717) is 17.4 Å². The number of hydrogen-bond donors (Lipinski definition) is 1. The Bertz CT molecular complexity index is 391. The molecular weight excluding hydrogens is 218 g/mol. The molecule has 0 saturated heterocycles. The summed E-state index contributed by atoms with van der Waals surface area (Å²) < 4.78 is 0. The molecule has 0 aliphatic heterocycles. The predicted molar refractivity (Wildman–Crippen MR) is 81.0 cm³/mol. The topological polar surface area (TPSA) is 12.0 Å². The van der Waals surface area contributed by atoms with Crippen molar-refractivity contribution in [2.24, 2.45) is 11.3 Å². The number of aryl methyl sites for hydroxylation is 2. The van der Waals surface area contributed by atoms with Crippen LogP contribution in [-0.4, -0.2) is 6.54 Å². The van der Waals surface area contributed by atoms with Gasteiger partial charge in [-0.15, -0.1) is 0 Å². The molecule has 1 unspecified atom stereocenters. The number of hydrogen-bond acceptors (Lipinski definition) is 1. The number of nitrogens with one attached hydrogen (secondary N) is 1. The van der Waals surface area contributed by atoms with Crippen molar-refractivity contribution in [3.8, 4) is 0 Å². The molecule has 1 heteroatoms. The molecule has 0 saturated carbocycles. The van der Waals surface area contributed by atoms with Gasteiger partial charge in [0.2, 0.25) is 0 Å². The first-order chi connectivity index (χ1) is 8.24.